The highest BCUT2D eigenvalue weighted by molar-refractivity contribution is 6.05. The lowest BCUT2D eigenvalue weighted by atomic mass is 10.1. The molecule has 8 nitrogen and oxygen atoms in total. The molecule has 0 bridgehead atoms. The summed E-state index contributed by atoms with van der Waals surface area (Å²) in [5.41, 5.74) is 7.25. The second-order valence-electron chi connectivity index (χ2n) is 8.28. The predicted molar refractivity (Wildman–Crippen MR) is 146 cm³/mol. The molecule has 188 valence electrons. The third-order valence-corrected chi connectivity index (χ3v) is 5.74. The number of ether oxygens (including phenoxy) is 1. The predicted octanol–water partition coefficient (Wildman–Crippen LogP) is 3.81. The van der Waals surface area contributed by atoms with Crippen LogP contribution in [0.25, 0.3) is 6.08 Å². The van der Waals surface area contributed by atoms with E-state index in [1.54, 1.807) is 6.08 Å². The van der Waals surface area contributed by atoms with Crippen LogP contribution in [0.3, 0.4) is 0 Å². The number of benzene rings is 3. The highest BCUT2D eigenvalue weighted by atomic mass is 16.5. The number of nitrogen functional groups attached to an aromatic ring is 1. The van der Waals surface area contributed by atoms with E-state index in [2.05, 4.69) is 4.98 Å². The molecule has 0 atom stereocenters. The van der Waals surface area contributed by atoms with E-state index >= 15 is 0 Å². The standard InChI is InChI=1S/C29H28N4O4/c1-2-37-24-16-10-9-15-23(24)17-18-25(34)32(19-21-11-5-3-6-12-21)26-27(30)33(29(36)31-28(26)35)20-22-13-7-4-8-14-22/h3-18H,2,19-20,30H2,1H3,(H,31,35,36)/b18-17+. The van der Waals surface area contributed by atoms with Crippen LogP contribution in [0.15, 0.2) is 101 Å². The van der Waals surface area contributed by atoms with Gasteiger partial charge in [-0.3, -0.25) is 24.0 Å². The number of para-hydroxylation sites is 1. The molecular weight excluding hydrogens is 468 g/mol. The van der Waals surface area contributed by atoms with Crippen LogP contribution in [0.2, 0.25) is 0 Å². The first-order valence-electron chi connectivity index (χ1n) is 11.9. The number of carbonyl (C=O) groups is 1. The molecule has 0 aliphatic heterocycles. The molecule has 8 heteroatoms. The van der Waals surface area contributed by atoms with Gasteiger partial charge in [-0.1, -0.05) is 78.9 Å². The van der Waals surface area contributed by atoms with Crippen LogP contribution in [0.5, 0.6) is 5.75 Å². The first-order chi connectivity index (χ1) is 18.0. The number of H-pyrrole nitrogens is 1. The van der Waals surface area contributed by atoms with Gasteiger partial charge in [-0.15, -0.1) is 0 Å². The molecule has 3 aromatic carbocycles. The van der Waals surface area contributed by atoms with E-state index in [0.29, 0.717) is 17.9 Å². The number of aromatic nitrogens is 2. The number of nitrogens with zero attached hydrogens (tertiary/aromatic N) is 2. The number of aromatic amines is 1. The van der Waals surface area contributed by atoms with Crippen molar-refractivity contribution in [1.29, 1.82) is 0 Å². The molecule has 0 aliphatic rings. The number of rotatable bonds is 9. The maximum Gasteiger partial charge on any atom is 0.330 e. The van der Waals surface area contributed by atoms with Crippen LogP contribution in [-0.4, -0.2) is 22.1 Å². The van der Waals surface area contributed by atoms with Gasteiger partial charge in [0.15, 0.2) is 5.69 Å². The number of anilines is 2. The third kappa shape index (κ3) is 6.05. The van der Waals surface area contributed by atoms with Crippen molar-refractivity contribution in [3.63, 3.8) is 0 Å². The molecule has 1 aromatic heterocycles. The quantitative estimate of drug-likeness (QED) is 0.343. The summed E-state index contributed by atoms with van der Waals surface area (Å²) in [6.45, 7) is 2.58. The molecule has 0 unspecified atom stereocenters. The van der Waals surface area contributed by atoms with Crippen LogP contribution in [0.4, 0.5) is 11.5 Å². The van der Waals surface area contributed by atoms with Crippen molar-refractivity contribution in [2.45, 2.75) is 20.0 Å². The smallest absolute Gasteiger partial charge is 0.330 e. The fourth-order valence-electron chi connectivity index (χ4n) is 3.95. The molecule has 3 N–H and O–H groups in total. The van der Waals surface area contributed by atoms with Crippen LogP contribution in [0.1, 0.15) is 23.6 Å². The van der Waals surface area contributed by atoms with Crippen molar-refractivity contribution in [2.24, 2.45) is 0 Å². The van der Waals surface area contributed by atoms with Gasteiger partial charge in [-0.05, 0) is 30.2 Å². The van der Waals surface area contributed by atoms with Crippen molar-refractivity contribution in [3.05, 3.63) is 129 Å². The number of carbonyl (C=O) groups excluding carboxylic acids is 1. The fourth-order valence-corrected chi connectivity index (χ4v) is 3.95. The van der Waals surface area contributed by atoms with E-state index in [-0.39, 0.29) is 24.6 Å². The second kappa shape index (κ2) is 11.7. The lowest BCUT2D eigenvalue weighted by molar-refractivity contribution is -0.114. The molecule has 0 saturated heterocycles. The zero-order valence-corrected chi connectivity index (χ0v) is 20.5. The summed E-state index contributed by atoms with van der Waals surface area (Å²) in [7, 11) is 0. The minimum absolute atomic E-state index is 0.0773. The Hall–Kier alpha value is -4.85. The van der Waals surface area contributed by atoms with Gasteiger partial charge < -0.3 is 10.5 Å². The van der Waals surface area contributed by atoms with E-state index in [4.69, 9.17) is 10.5 Å². The molecule has 0 aliphatic carbocycles. The number of amides is 1. The van der Waals surface area contributed by atoms with Gasteiger partial charge >= 0.3 is 5.69 Å². The molecule has 1 heterocycles. The highest BCUT2D eigenvalue weighted by Gasteiger charge is 2.23. The molecule has 0 radical (unpaired) electrons. The Morgan fingerprint density at radius 2 is 1.57 bits per heavy atom. The van der Waals surface area contributed by atoms with Crippen LogP contribution >= 0.6 is 0 Å². The largest absolute Gasteiger partial charge is 0.493 e. The van der Waals surface area contributed by atoms with Gasteiger partial charge in [0.05, 0.1) is 19.7 Å². The van der Waals surface area contributed by atoms with E-state index < -0.39 is 17.2 Å². The van der Waals surface area contributed by atoms with Crippen molar-refractivity contribution < 1.29 is 9.53 Å². The summed E-state index contributed by atoms with van der Waals surface area (Å²) in [5.74, 6) is 0.0692. The Labute approximate surface area is 214 Å². The van der Waals surface area contributed by atoms with Gasteiger partial charge in [-0.25, -0.2) is 4.79 Å². The molecule has 1 amide bonds. The summed E-state index contributed by atoms with van der Waals surface area (Å²) in [6.07, 6.45) is 3.00. The Morgan fingerprint density at radius 1 is 0.946 bits per heavy atom. The lowest BCUT2D eigenvalue weighted by Crippen LogP contribution is -2.40. The van der Waals surface area contributed by atoms with Gasteiger partial charge in [0.25, 0.3) is 11.5 Å². The topological polar surface area (TPSA) is 110 Å². The fraction of sp³-hybridized carbons (Fsp3) is 0.138. The number of nitrogens with one attached hydrogen (secondary N) is 1. The molecule has 0 fully saturated rings. The molecular formula is C29H28N4O4. The van der Waals surface area contributed by atoms with E-state index in [1.165, 1.54) is 15.5 Å². The zero-order valence-electron chi connectivity index (χ0n) is 20.5. The van der Waals surface area contributed by atoms with E-state index in [1.807, 2.05) is 91.9 Å². The zero-order chi connectivity index (χ0) is 26.2. The maximum atomic E-state index is 13.6. The molecule has 37 heavy (non-hydrogen) atoms. The molecule has 0 spiro atoms. The van der Waals surface area contributed by atoms with Gasteiger partial charge in [0.1, 0.15) is 11.6 Å². The SMILES string of the molecule is CCOc1ccccc1/C=C/C(=O)N(Cc1ccccc1)c1c(N)n(Cc2ccccc2)c(=O)[nH]c1=O. The first kappa shape index (κ1) is 25.2. The van der Waals surface area contributed by atoms with Crippen LogP contribution in [-0.2, 0) is 17.9 Å². The van der Waals surface area contributed by atoms with Crippen LogP contribution in [0, 0.1) is 0 Å². The summed E-state index contributed by atoms with van der Waals surface area (Å²) < 4.78 is 6.90. The summed E-state index contributed by atoms with van der Waals surface area (Å²) in [4.78, 5) is 42.9. The van der Waals surface area contributed by atoms with Crippen molar-refractivity contribution in [3.8, 4) is 5.75 Å². The second-order valence-corrected chi connectivity index (χ2v) is 8.28. The van der Waals surface area contributed by atoms with E-state index in [0.717, 1.165) is 11.1 Å². The monoisotopic (exact) mass is 496 g/mol. The summed E-state index contributed by atoms with van der Waals surface area (Å²) in [5, 5.41) is 0. The summed E-state index contributed by atoms with van der Waals surface area (Å²) in [6, 6.07) is 25.8. The molecule has 4 aromatic rings. The Morgan fingerprint density at radius 3 is 2.24 bits per heavy atom. The molecule has 4 rings (SSSR count). The lowest BCUT2D eigenvalue weighted by Gasteiger charge is -2.23. The average Bonchev–Trinajstić information content (AvgIpc) is 2.91. The first-order valence-corrected chi connectivity index (χ1v) is 11.9. The van der Waals surface area contributed by atoms with E-state index in [9.17, 15) is 14.4 Å². The van der Waals surface area contributed by atoms with Crippen molar-refractivity contribution in [2.75, 3.05) is 17.2 Å². The third-order valence-electron chi connectivity index (χ3n) is 5.74. The number of hydrogen-bond acceptors (Lipinski definition) is 5. The number of hydrogen-bond donors (Lipinski definition) is 2. The Balaban J connectivity index is 1.77. The van der Waals surface area contributed by atoms with Gasteiger partial charge in [0.2, 0.25) is 0 Å². The van der Waals surface area contributed by atoms with Crippen LogP contribution < -0.4 is 26.6 Å². The highest BCUT2D eigenvalue weighted by Crippen LogP contribution is 2.23. The van der Waals surface area contributed by atoms with Crippen molar-refractivity contribution in [1.82, 2.24) is 9.55 Å². The minimum atomic E-state index is -0.737. The molecule has 0 saturated carbocycles. The summed E-state index contributed by atoms with van der Waals surface area (Å²) >= 11 is 0. The average molecular weight is 497 g/mol. The normalized spacial score (nSPS) is 10.9. The van der Waals surface area contributed by atoms with Crippen molar-refractivity contribution >= 4 is 23.5 Å². The Bertz CT molecular complexity index is 1510. The Kier molecular flexibility index (Phi) is 8.00. The number of nitrogens with two attached hydrogens (primary N) is 1. The minimum Gasteiger partial charge on any atom is -0.493 e. The van der Waals surface area contributed by atoms with Gasteiger partial charge in [-0.2, -0.15) is 0 Å². The maximum absolute atomic E-state index is 13.6. The van der Waals surface area contributed by atoms with Gasteiger partial charge in [0, 0.05) is 11.6 Å².